The highest BCUT2D eigenvalue weighted by Crippen LogP contribution is 2.17. The van der Waals surface area contributed by atoms with Gasteiger partial charge in [-0.05, 0) is 6.07 Å². The third-order valence-electron chi connectivity index (χ3n) is 1.48. The van der Waals surface area contributed by atoms with E-state index in [4.69, 9.17) is 14.6 Å². The van der Waals surface area contributed by atoms with E-state index in [-0.39, 0.29) is 13.4 Å². The molecule has 0 saturated carbocycles. The minimum atomic E-state index is -0.0140. The van der Waals surface area contributed by atoms with Crippen LogP contribution in [-0.4, -0.2) is 19.0 Å². The van der Waals surface area contributed by atoms with E-state index in [1.54, 1.807) is 13.2 Å². The van der Waals surface area contributed by atoms with Gasteiger partial charge in [0.1, 0.15) is 5.75 Å². The highest BCUT2D eigenvalue weighted by Gasteiger charge is 1.99. The SMILES string of the molecule is COCOc1ccccc1CO. The van der Waals surface area contributed by atoms with Gasteiger partial charge in [0.05, 0.1) is 6.61 Å². The van der Waals surface area contributed by atoms with Gasteiger partial charge in [-0.1, -0.05) is 18.2 Å². The molecule has 66 valence electrons. The highest BCUT2D eigenvalue weighted by molar-refractivity contribution is 5.32. The molecule has 1 aromatic rings. The molecule has 0 radical (unpaired) electrons. The van der Waals surface area contributed by atoms with E-state index >= 15 is 0 Å². The maximum atomic E-state index is 8.90. The zero-order valence-corrected chi connectivity index (χ0v) is 6.99. The van der Waals surface area contributed by atoms with Crippen molar-refractivity contribution >= 4 is 0 Å². The Hall–Kier alpha value is -1.06. The zero-order valence-electron chi connectivity index (χ0n) is 6.99. The largest absolute Gasteiger partial charge is 0.467 e. The minimum absolute atomic E-state index is 0.0140. The van der Waals surface area contributed by atoms with Gasteiger partial charge < -0.3 is 14.6 Å². The first-order chi connectivity index (χ1) is 5.88. The number of benzene rings is 1. The summed E-state index contributed by atoms with van der Waals surface area (Å²) in [7, 11) is 1.56. The van der Waals surface area contributed by atoms with Crippen molar-refractivity contribution in [3.05, 3.63) is 29.8 Å². The molecule has 3 heteroatoms. The van der Waals surface area contributed by atoms with E-state index in [9.17, 15) is 0 Å². The van der Waals surface area contributed by atoms with Crippen LogP contribution in [0.1, 0.15) is 5.56 Å². The van der Waals surface area contributed by atoms with Crippen LogP contribution in [0.4, 0.5) is 0 Å². The number of aliphatic hydroxyl groups is 1. The summed E-state index contributed by atoms with van der Waals surface area (Å²) >= 11 is 0. The maximum Gasteiger partial charge on any atom is 0.188 e. The number of hydrogen-bond donors (Lipinski definition) is 1. The monoisotopic (exact) mass is 168 g/mol. The Labute approximate surface area is 71.5 Å². The van der Waals surface area contributed by atoms with Crippen LogP contribution in [0.15, 0.2) is 24.3 Å². The van der Waals surface area contributed by atoms with E-state index in [0.29, 0.717) is 5.75 Å². The van der Waals surface area contributed by atoms with Gasteiger partial charge in [-0.15, -0.1) is 0 Å². The molecule has 0 aromatic heterocycles. The van der Waals surface area contributed by atoms with Crippen LogP contribution >= 0.6 is 0 Å². The van der Waals surface area contributed by atoms with Gasteiger partial charge >= 0.3 is 0 Å². The summed E-state index contributed by atoms with van der Waals surface area (Å²) in [6.45, 7) is 0.191. The van der Waals surface area contributed by atoms with Crippen molar-refractivity contribution in [3.8, 4) is 5.75 Å². The fourth-order valence-corrected chi connectivity index (χ4v) is 0.898. The first-order valence-corrected chi connectivity index (χ1v) is 3.69. The molecule has 0 fully saturated rings. The normalized spacial score (nSPS) is 9.83. The first kappa shape index (κ1) is 9.03. The first-order valence-electron chi connectivity index (χ1n) is 3.69. The molecule has 0 spiro atoms. The lowest BCUT2D eigenvalue weighted by Crippen LogP contribution is -2.01. The summed E-state index contributed by atoms with van der Waals surface area (Å²) in [5.41, 5.74) is 0.773. The fraction of sp³-hybridized carbons (Fsp3) is 0.333. The third kappa shape index (κ3) is 2.22. The fourth-order valence-electron chi connectivity index (χ4n) is 0.898. The van der Waals surface area contributed by atoms with Crippen LogP contribution in [0, 0.1) is 0 Å². The van der Waals surface area contributed by atoms with Crippen LogP contribution in [0.25, 0.3) is 0 Å². The summed E-state index contributed by atoms with van der Waals surface area (Å²) in [6, 6.07) is 7.31. The average molecular weight is 168 g/mol. The lowest BCUT2D eigenvalue weighted by atomic mass is 10.2. The lowest BCUT2D eigenvalue weighted by molar-refractivity contribution is 0.0495. The Morgan fingerprint density at radius 3 is 2.75 bits per heavy atom. The molecule has 0 aliphatic heterocycles. The van der Waals surface area contributed by atoms with Gasteiger partial charge in [0, 0.05) is 12.7 Å². The molecule has 1 aromatic carbocycles. The van der Waals surface area contributed by atoms with Crippen molar-refractivity contribution in [2.24, 2.45) is 0 Å². The molecule has 0 heterocycles. The number of ether oxygens (including phenoxy) is 2. The van der Waals surface area contributed by atoms with E-state index in [1.165, 1.54) is 0 Å². The Morgan fingerprint density at radius 1 is 1.33 bits per heavy atom. The summed E-state index contributed by atoms with van der Waals surface area (Å²) in [5.74, 6) is 0.668. The molecule has 1 N–H and O–H groups in total. The Morgan fingerprint density at radius 2 is 2.08 bits per heavy atom. The second-order valence-corrected chi connectivity index (χ2v) is 2.32. The van der Waals surface area contributed by atoms with Gasteiger partial charge in [-0.2, -0.15) is 0 Å². The molecule has 0 bridgehead atoms. The van der Waals surface area contributed by atoms with Crippen molar-refractivity contribution in [2.45, 2.75) is 6.61 Å². The van der Waals surface area contributed by atoms with Crippen LogP contribution in [-0.2, 0) is 11.3 Å². The molecule has 12 heavy (non-hydrogen) atoms. The van der Waals surface area contributed by atoms with Gasteiger partial charge in [-0.25, -0.2) is 0 Å². The van der Waals surface area contributed by atoms with Crippen molar-refractivity contribution in [2.75, 3.05) is 13.9 Å². The molecule has 0 unspecified atom stereocenters. The summed E-state index contributed by atoms with van der Waals surface area (Å²) in [5, 5.41) is 8.90. The van der Waals surface area contributed by atoms with Crippen molar-refractivity contribution in [3.63, 3.8) is 0 Å². The van der Waals surface area contributed by atoms with E-state index in [1.807, 2.05) is 18.2 Å². The number of methoxy groups -OCH3 is 1. The molecular formula is C9H12O3. The quantitative estimate of drug-likeness (QED) is 0.686. The van der Waals surface area contributed by atoms with Gasteiger partial charge in [-0.3, -0.25) is 0 Å². The number of rotatable bonds is 4. The van der Waals surface area contributed by atoms with Crippen molar-refractivity contribution in [1.82, 2.24) is 0 Å². The lowest BCUT2D eigenvalue weighted by Gasteiger charge is -2.07. The molecule has 0 saturated heterocycles. The molecule has 0 amide bonds. The molecule has 1 rings (SSSR count). The second kappa shape index (κ2) is 4.74. The van der Waals surface area contributed by atoms with E-state index < -0.39 is 0 Å². The van der Waals surface area contributed by atoms with Gasteiger partial charge in [0.25, 0.3) is 0 Å². The predicted molar refractivity (Wildman–Crippen MR) is 44.9 cm³/mol. The number of hydrogen-bond acceptors (Lipinski definition) is 3. The zero-order chi connectivity index (χ0) is 8.81. The highest BCUT2D eigenvalue weighted by atomic mass is 16.7. The average Bonchev–Trinajstić information content (AvgIpc) is 2.15. The standard InChI is InChI=1S/C9H12O3/c1-11-7-12-9-5-3-2-4-8(9)6-10/h2-5,10H,6-7H2,1H3. The Kier molecular flexibility index (Phi) is 3.57. The van der Waals surface area contributed by atoms with E-state index in [2.05, 4.69) is 0 Å². The van der Waals surface area contributed by atoms with Crippen LogP contribution in [0.3, 0.4) is 0 Å². The van der Waals surface area contributed by atoms with Gasteiger partial charge in [0.2, 0.25) is 0 Å². The number of para-hydroxylation sites is 1. The summed E-state index contributed by atoms with van der Waals surface area (Å²) in [4.78, 5) is 0. The minimum Gasteiger partial charge on any atom is -0.467 e. The van der Waals surface area contributed by atoms with Crippen LogP contribution in [0.5, 0.6) is 5.75 Å². The Bertz CT molecular complexity index is 235. The molecular weight excluding hydrogens is 156 g/mol. The number of aliphatic hydroxyl groups excluding tert-OH is 1. The second-order valence-electron chi connectivity index (χ2n) is 2.32. The van der Waals surface area contributed by atoms with Crippen molar-refractivity contribution < 1.29 is 14.6 Å². The predicted octanol–water partition coefficient (Wildman–Crippen LogP) is 1.16. The summed E-state index contributed by atoms with van der Waals surface area (Å²) < 4.78 is 9.94. The van der Waals surface area contributed by atoms with Crippen LogP contribution in [0.2, 0.25) is 0 Å². The maximum absolute atomic E-state index is 8.90. The van der Waals surface area contributed by atoms with Gasteiger partial charge in [0.15, 0.2) is 6.79 Å². The molecule has 0 aliphatic carbocycles. The Balaban J connectivity index is 2.68. The smallest absolute Gasteiger partial charge is 0.188 e. The van der Waals surface area contributed by atoms with Crippen LogP contribution < -0.4 is 4.74 Å². The third-order valence-corrected chi connectivity index (χ3v) is 1.48. The topological polar surface area (TPSA) is 38.7 Å². The molecule has 3 nitrogen and oxygen atoms in total. The van der Waals surface area contributed by atoms with E-state index in [0.717, 1.165) is 5.56 Å². The summed E-state index contributed by atoms with van der Waals surface area (Å²) in [6.07, 6.45) is 0. The molecule has 0 atom stereocenters. The van der Waals surface area contributed by atoms with Crippen molar-refractivity contribution in [1.29, 1.82) is 0 Å². The molecule has 0 aliphatic rings.